The van der Waals surface area contributed by atoms with Crippen molar-refractivity contribution >= 4 is 11.4 Å². The Balaban J connectivity index is 2.79. The van der Waals surface area contributed by atoms with Crippen LogP contribution >= 0.6 is 0 Å². The van der Waals surface area contributed by atoms with Gasteiger partial charge in [-0.2, -0.15) is 0 Å². The van der Waals surface area contributed by atoms with Crippen LogP contribution < -0.4 is 0 Å². The Kier molecular flexibility index (Phi) is 3.28. The van der Waals surface area contributed by atoms with E-state index >= 15 is 0 Å². The van der Waals surface area contributed by atoms with Crippen molar-refractivity contribution in [3.05, 3.63) is 34.7 Å². The lowest BCUT2D eigenvalue weighted by Crippen LogP contribution is -2.45. The van der Waals surface area contributed by atoms with Gasteiger partial charge in [-0.3, -0.25) is 4.79 Å². The molecule has 1 aliphatic carbocycles. The summed E-state index contributed by atoms with van der Waals surface area (Å²) in [6.07, 6.45) is 1.59. The van der Waals surface area contributed by atoms with Crippen LogP contribution in [0.15, 0.2) is 33.6 Å². The van der Waals surface area contributed by atoms with E-state index in [0.717, 1.165) is 22.4 Å². The Labute approximate surface area is 120 Å². The smallest absolute Gasteiger partial charge is 0.140 e. The van der Waals surface area contributed by atoms with E-state index in [4.69, 9.17) is 4.52 Å². The molecule has 0 fully saturated rings. The Morgan fingerprint density at radius 3 is 2.20 bits per heavy atom. The molecule has 0 radical (unpaired) electrons. The summed E-state index contributed by atoms with van der Waals surface area (Å²) in [5.41, 5.74) is 4.67. The predicted octanol–water partition coefficient (Wildman–Crippen LogP) is 4.42. The number of carbonyl (C=O) groups is 1. The van der Waals surface area contributed by atoms with Gasteiger partial charge in [-0.15, -0.1) is 0 Å². The molecular weight excluding hydrogens is 250 g/mol. The van der Waals surface area contributed by atoms with Gasteiger partial charge in [0.1, 0.15) is 17.7 Å². The molecule has 0 saturated heterocycles. The fraction of sp³-hybridized carbons (Fsp3) is 0.529. The van der Waals surface area contributed by atoms with E-state index < -0.39 is 5.41 Å². The average molecular weight is 273 g/mol. The fourth-order valence-electron chi connectivity index (χ4n) is 3.43. The largest absolute Gasteiger partial charge is 0.364 e. The quantitative estimate of drug-likeness (QED) is 0.801. The maximum Gasteiger partial charge on any atom is 0.140 e. The number of rotatable bonds is 2. The normalized spacial score (nSPS) is 26.1. The van der Waals surface area contributed by atoms with Crippen LogP contribution in [-0.2, 0) is 4.79 Å². The molecule has 108 valence electrons. The molecule has 1 unspecified atom stereocenters. The van der Waals surface area contributed by atoms with Crippen LogP contribution in [0.5, 0.6) is 0 Å². The van der Waals surface area contributed by atoms with E-state index in [2.05, 4.69) is 46.7 Å². The van der Waals surface area contributed by atoms with Gasteiger partial charge in [-0.25, -0.2) is 0 Å². The zero-order valence-electron chi connectivity index (χ0n) is 13.4. The van der Waals surface area contributed by atoms with E-state index in [9.17, 15) is 4.79 Å². The van der Waals surface area contributed by atoms with Crippen LogP contribution in [0.3, 0.4) is 0 Å². The zero-order valence-corrected chi connectivity index (χ0v) is 13.4. The number of carbonyl (C=O) groups excluding carboxylic acids is 1. The Bertz CT molecular complexity index is 617. The van der Waals surface area contributed by atoms with Crippen molar-refractivity contribution in [2.75, 3.05) is 0 Å². The first kappa shape index (κ1) is 14.8. The number of Topliss-reactive ketones (excluding diaryl/α,β-unsaturated/α-hetero) is 1. The molecule has 0 aliphatic heterocycles. The van der Waals surface area contributed by atoms with E-state index in [1.165, 1.54) is 5.57 Å². The molecule has 0 N–H and O–H groups in total. The maximum atomic E-state index is 12.3. The van der Waals surface area contributed by atoms with Crippen molar-refractivity contribution in [3.63, 3.8) is 0 Å². The summed E-state index contributed by atoms with van der Waals surface area (Å²) in [4.78, 5) is 12.3. The van der Waals surface area contributed by atoms with Gasteiger partial charge in [0.2, 0.25) is 0 Å². The van der Waals surface area contributed by atoms with E-state index in [0.29, 0.717) is 0 Å². The molecular formula is C17H23NO2. The minimum atomic E-state index is -0.478. The molecule has 3 heteroatoms. The van der Waals surface area contributed by atoms with Crippen LogP contribution in [0.1, 0.15) is 54.2 Å². The first-order valence-corrected chi connectivity index (χ1v) is 6.97. The summed E-state index contributed by atoms with van der Waals surface area (Å²) >= 11 is 0. The first-order valence-electron chi connectivity index (χ1n) is 6.97. The first-order chi connectivity index (χ1) is 9.15. The molecule has 0 amide bonds. The van der Waals surface area contributed by atoms with Gasteiger partial charge in [-0.1, -0.05) is 30.2 Å². The number of hydrogen-bond donors (Lipinski definition) is 0. The van der Waals surface area contributed by atoms with Gasteiger partial charge in [0.15, 0.2) is 0 Å². The molecule has 1 aromatic rings. The molecule has 2 rings (SSSR count). The average Bonchev–Trinajstić information content (AvgIpc) is 2.88. The van der Waals surface area contributed by atoms with Crippen molar-refractivity contribution in [1.82, 2.24) is 5.16 Å². The van der Waals surface area contributed by atoms with Crippen LogP contribution in [0.2, 0.25) is 0 Å². The summed E-state index contributed by atoms with van der Waals surface area (Å²) in [6.45, 7) is 14.2. The third-order valence-electron chi connectivity index (χ3n) is 5.65. The van der Waals surface area contributed by atoms with Gasteiger partial charge < -0.3 is 4.52 Å². The highest BCUT2D eigenvalue weighted by Crippen LogP contribution is 2.57. The second-order valence-electron chi connectivity index (χ2n) is 6.44. The molecule has 0 aromatic carbocycles. The molecule has 1 heterocycles. The highest BCUT2D eigenvalue weighted by molar-refractivity contribution is 5.92. The summed E-state index contributed by atoms with van der Waals surface area (Å²) < 4.78 is 4.99. The van der Waals surface area contributed by atoms with E-state index in [1.807, 2.05) is 6.07 Å². The highest BCUT2D eigenvalue weighted by atomic mass is 16.5. The fourth-order valence-corrected chi connectivity index (χ4v) is 3.43. The molecule has 1 aromatic heterocycles. The molecule has 1 aliphatic rings. The summed E-state index contributed by atoms with van der Waals surface area (Å²) in [5, 5.41) is 4.08. The molecule has 0 bridgehead atoms. The van der Waals surface area contributed by atoms with Crippen LogP contribution in [0, 0.1) is 10.8 Å². The lowest BCUT2D eigenvalue weighted by molar-refractivity contribution is -0.128. The van der Waals surface area contributed by atoms with Gasteiger partial charge in [0, 0.05) is 17.1 Å². The summed E-state index contributed by atoms with van der Waals surface area (Å²) in [6, 6.07) is 1.88. The molecule has 20 heavy (non-hydrogen) atoms. The van der Waals surface area contributed by atoms with Gasteiger partial charge >= 0.3 is 0 Å². The summed E-state index contributed by atoms with van der Waals surface area (Å²) in [5.74, 6) is 0.206. The minimum Gasteiger partial charge on any atom is -0.364 e. The van der Waals surface area contributed by atoms with Crippen LogP contribution in [0.4, 0.5) is 0 Å². The third kappa shape index (κ3) is 1.65. The highest BCUT2D eigenvalue weighted by Gasteiger charge is 2.51. The second kappa shape index (κ2) is 4.44. The van der Waals surface area contributed by atoms with Gasteiger partial charge in [0.25, 0.3) is 0 Å². The second-order valence-corrected chi connectivity index (χ2v) is 6.44. The molecule has 1 atom stereocenters. The Morgan fingerprint density at radius 1 is 1.15 bits per heavy atom. The van der Waals surface area contributed by atoms with Crippen LogP contribution in [0.25, 0.3) is 5.57 Å². The number of aromatic nitrogens is 1. The van der Waals surface area contributed by atoms with Crippen LogP contribution in [-0.4, -0.2) is 10.9 Å². The van der Waals surface area contributed by atoms with Crippen molar-refractivity contribution in [3.8, 4) is 0 Å². The van der Waals surface area contributed by atoms with Gasteiger partial charge in [0.05, 0.1) is 5.41 Å². The van der Waals surface area contributed by atoms with Gasteiger partial charge in [-0.05, 0) is 40.2 Å². The minimum absolute atomic E-state index is 0.206. The number of allylic oxidation sites excluding steroid dienone is 4. The molecule has 0 saturated carbocycles. The molecule has 3 nitrogen and oxygen atoms in total. The number of ketones is 1. The Hall–Kier alpha value is -1.64. The van der Waals surface area contributed by atoms with E-state index in [1.54, 1.807) is 13.2 Å². The summed E-state index contributed by atoms with van der Waals surface area (Å²) in [7, 11) is 0. The molecule has 0 spiro atoms. The SMILES string of the molecule is CC(=O)C1(C)C(C)=C(C)C(c2ccon2)=C(C)C1(C)C. The number of nitrogens with zero attached hydrogens (tertiary/aromatic N) is 1. The monoisotopic (exact) mass is 273 g/mol. The van der Waals surface area contributed by atoms with Crippen molar-refractivity contribution in [1.29, 1.82) is 0 Å². The third-order valence-corrected chi connectivity index (χ3v) is 5.65. The Morgan fingerprint density at radius 2 is 1.75 bits per heavy atom. The predicted molar refractivity (Wildman–Crippen MR) is 80.0 cm³/mol. The lowest BCUT2D eigenvalue weighted by atomic mass is 9.53. The van der Waals surface area contributed by atoms with E-state index in [-0.39, 0.29) is 11.2 Å². The standard InChI is InChI=1S/C17H23NO2/c1-10-11(2)17(7,13(4)19)16(5,6)12(3)15(10)14-8-9-20-18-14/h8-9H,1-7H3. The zero-order chi connectivity index (χ0) is 15.3. The topological polar surface area (TPSA) is 43.1 Å². The maximum absolute atomic E-state index is 12.3. The van der Waals surface area contributed by atoms with Crippen molar-refractivity contribution < 1.29 is 9.32 Å². The number of hydrogen-bond acceptors (Lipinski definition) is 3. The lowest BCUT2D eigenvalue weighted by Gasteiger charge is -2.49. The van der Waals surface area contributed by atoms with Crippen molar-refractivity contribution in [2.24, 2.45) is 10.8 Å². The van der Waals surface area contributed by atoms with Crippen molar-refractivity contribution in [2.45, 2.75) is 48.5 Å².